The number of nitrogens with one attached hydrogen (secondary N) is 2. The van der Waals surface area contributed by atoms with Crippen LogP contribution in [-0.2, 0) is 16.1 Å². The summed E-state index contributed by atoms with van der Waals surface area (Å²) in [7, 11) is 1.58. The molecule has 0 saturated heterocycles. The van der Waals surface area contributed by atoms with Crippen LogP contribution < -0.4 is 15.4 Å². The summed E-state index contributed by atoms with van der Waals surface area (Å²) in [6, 6.07) is 10.8. The molecule has 126 valence electrons. The summed E-state index contributed by atoms with van der Waals surface area (Å²) in [5.41, 5.74) is 3.10. The second-order valence-corrected chi connectivity index (χ2v) is 5.83. The first-order chi connectivity index (χ1) is 11.4. The highest BCUT2D eigenvalue weighted by Crippen LogP contribution is 2.27. The van der Waals surface area contributed by atoms with Crippen molar-refractivity contribution >= 4 is 29.1 Å². The quantitative estimate of drug-likeness (QED) is 0.835. The molecular formula is C18H19ClN2O3. The van der Waals surface area contributed by atoms with Crippen molar-refractivity contribution < 1.29 is 14.3 Å². The van der Waals surface area contributed by atoms with E-state index in [-0.39, 0.29) is 6.54 Å². The van der Waals surface area contributed by atoms with Crippen molar-refractivity contribution in [2.45, 2.75) is 20.4 Å². The van der Waals surface area contributed by atoms with Gasteiger partial charge >= 0.3 is 11.8 Å². The van der Waals surface area contributed by atoms with E-state index in [1.54, 1.807) is 25.3 Å². The first-order valence-corrected chi connectivity index (χ1v) is 7.77. The zero-order valence-electron chi connectivity index (χ0n) is 13.8. The Bertz CT molecular complexity index is 734. The minimum atomic E-state index is -0.752. The zero-order chi connectivity index (χ0) is 17.7. The van der Waals surface area contributed by atoms with E-state index in [1.807, 2.05) is 32.0 Å². The van der Waals surface area contributed by atoms with Gasteiger partial charge in [0.25, 0.3) is 0 Å². The molecule has 0 aliphatic heterocycles. The molecular weight excluding hydrogens is 328 g/mol. The molecule has 2 aromatic rings. The summed E-state index contributed by atoms with van der Waals surface area (Å²) >= 11 is 6.13. The van der Waals surface area contributed by atoms with Crippen LogP contribution in [0.1, 0.15) is 16.7 Å². The lowest BCUT2D eigenvalue weighted by atomic mass is 10.1. The van der Waals surface area contributed by atoms with Gasteiger partial charge in [0.2, 0.25) is 0 Å². The van der Waals surface area contributed by atoms with Gasteiger partial charge in [0.15, 0.2) is 0 Å². The molecule has 5 nitrogen and oxygen atoms in total. The molecule has 0 unspecified atom stereocenters. The lowest BCUT2D eigenvalue weighted by Gasteiger charge is -2.11. The van der Waals surface area contributed by atoms with Gasteiger partial charge in [-0.2, -0.15) is 0 Å². The predicted molar refractivity (Wildman–Crippen MR) is 94.4 cm³/mol. The van der Waals surface area contributed by atoms with E-state index in [1.165, 1.54) is 0 Å². The number of amides is 2. The van der Waals surface area contributed by atoms with Gasteiger partial charge in [0.05, 0.1) is 17.8 Å². The van der Waals surface area contributed by atoms with Crippen LogP contribution in [-0.4, -0.2) is 18.9 Å². The summed E-state index contributed by atoms with van der Waals surface area (Å²) in [5.74, 6) is -0.744. The van der Waals surface area contributed by atoms with Crippen LogP contribution in [0.2, 0.25) is 5.02 Å². The molecule has 0 fully saturated rings. The van der Waals surface area contributed by atoms with E-state index in [0.29, 0.717) is 10.7 Å². The third kappa shape index (κ3) is 4.49. The number of anilines is 1. The number of ether oxygens (including phenoxy) is 1. The number of methoxy groups -OCH3 is 1. The minimum absolute atomic E-state index is 0.247. The predicted octanol–water partition coefficient (Wildman–Crippen LogP) is 3.22. The fraction of sp³-hybridized carbons (Fsp3) is 0.222. The van der Waals surface area contributed by atoms with Crippen molar-refractivity contribution in [3.8, 4) is 5.75 Å². The standard InChI is InChI=1S/C18H19ClN2O3/c1-11-8-12(2)16(15(19)9-11)21-18(23)17(22)20-10-13-4-6-14(24-3)7-5-13/h4-9H,10H2,1-3H3,(H,20,22)(H,21,23). The fourth-order valence-electron chi connectivity index (χ4n) is 2.25. The molecule has 6 heteroatoms. The number of rotatable bonds is 4. The highest BCUT2D eigenvalue weighted by atomic mass is 35.5. The Labute approximate surface area is 146 Å². The molecule has 2 N–H and O–H groups in total. The van der Waals surface area contributed by atoms with Crippen molar-refractivity contribution in [2.24, 2.45) is 0 Å². The van der Waals surface area contributed by atoms with Crippen LogP contribution in [0.15, 0.2) is 36.4 Å². The Morgan fingerprint density at radius 2 is 1.75 bits per heavy atom. The lowest BCUT2D eigenvalue weighted by molar-refractivity contribution is -0.136. The normalized spacial score (nSPS) is 10.2. The third-order valence-electron chi connectivity index (χ3n) is 3.49. The van der Waals surface area contributed by atoms with Gasteiger partial charge in [-0.15, -0.1) is 0 Å². The van der Waals surface area contributed by atoms with Crippen LogP contribution in [0.3, 0.4) is 0 Å². The monoisotopic (exact) mass is 346 g/mol. The molecule has 0 bridgehead atoms. The van der Waals surface area contributed by atoms with Crippen LogP contribution in [0.5, 0.6) is 5.75 Å². The second-order valence-electron chi connectivity index (χ2n) is 5.42. The molecule has 2 rings (SSSR count). The summed E-state index contributed by atoms with van der Waals surface area (Å²) < 4.78 is 5.07. The number of hydrogen-bond donors (Lipinski definition) is 2. The maximum absolute atomic E-state index is 12.0. The van der Waals surface area contributed by atoms with E-state index in [0.717, 1.165) is 22.4 Å². The molecule has 24 heavy (non-hydrogen) atoms. The molecule has 0 aromatic heterocycles. The maximum atomic E-state index is 12.0. The van der Waals surface area contributed by atoms with Crippen molar-refractivity contribution in [1.82, 2.24) is 5.32 Å². The van der Waals surface area contributed by atoms with Gasteiger partial charge in [0, 0.05) is 6.54 Å². The number of halogens is 1. The molecule has 0 heterocycles. The molecule has 2 aromatic carbocycles. The maximum Gasteiger partial charge on any atom is 0.313 e. The topological polar surface area (TPSA) is 67.4 Å². The Morgan fingerprint density at radius 3 is 2.33 bits per heavy atom. The largest absolute Gasteiger partial charge is 0.497 e. The van der Waals surface area contributed by atoms with Gasteiger partial charge in [-0.1, -0.05) is 29.8 Å². The van der Waals surface area contributed by atoms with Gasteiger partial charge in [-0.3, -0.25) is 9.59 Å². The molecule has 0 aliphatic carbocycles. The van der Waals surface area contributed by atoms with Crippen LogP contribution in [0, 0.1) is 13.8 Å². The van der Waals surface area contributed by atoms with Crippen molar-refractivity contribution in [1.29, 1.82) is 0 Å². The molecule has 0 saturated carbocycles. The smallest absolute Gasteiger partial charge is 0.313 e. The zero-order valence-corrected chi connectivity index (χ0v) is 14.5. The summed E-state index contributed by atoms with van der Waals surface area (Å²) in [6.45, 7) is 3.98. The summed E-state index contributed by atoms with van der Waals surface area (Å²) in [5, 5.41) is 5.54. The molecule has 0 spiro atoms. The van der Waals surface area contributed by atoms with Gasteiger partial charge in [0.1, 0.15) is 5.75 Å². The SMILES string of the molecule is COc1ccc(CNC(=O)C(=O)Nc2c(C)cc(C)cc2Cl)cc1. The second kappa shape index (κ2) is 7.84. The minimum Gasteiger partial charge on any atom is -0.497 e. The summed E-state index contributed by atoms with van der Waals surface area (Å²) in [4.78, 5) is 24.0. The molecule has 0 radical (unpaired) electrons. The Balaban J connectivity index is 1.96. The van der Waals surface area contributed by atoms with Crippen molar-refractivity contribution in [3.63, 3.8) is 0 Å². The van der Waals surface area contributed by atoms with E-state index >= 15 is 0 Å². The van der Waals surface area contributed by atoms with Crippen molar-refractivity contribution in [3.05, 3.63) is 58.1 Å². The fourth-order valence-corrected chi connectivity index (χ4v) is 2.62. The Kier molecular flexibility index (Phi) is 5.82. The van der Waals surface area contributed by atoms with Gasteiger partial charge in [-0.25, -0.2) is 0 Å². The third-order valence-corrected chi connectivity index (χ3v) is 3.79. The molecule has 0 aliphatic rings. The number of hydrogen-bond acceptors (Lipinski definition) is 3. The first-order valence-electron chi connectivity index (χ1n) is 7.39. The average molecular weight is 347 g/mol. The number of carbonyl (C=O) groups is 2. The van der Waals surface area contributed by atoms with Crippen molar-refractivity contribution in [2.75, 3.05) is 12.4 Å². The van der Waals surface area contributed by atoms with Gasteiger partial charge < -0.3 is 15.4 Å². The number of aryl methyl sites for hydroxylation is 2. The Hall–Kier alpha value is -2.53. The van der Waals surface area contributed by atoms with E-state index in [9.17, 15) is 9.59 Å². The molecule has 0 atom stereocenters. The van der Waals surface area contributed by atoms with Crippen LogP contribution >= 0.6 is 11.6 Å². The number of benzene rings is 2. The lowest BCUT2D eigenvalue weighted by Crippen LogP contribution is -2.35. The Morgan fingerprint density at radius 1 is 1.08 bits per heavy atom. The number of carbonyl (C=O) groups excluding carboxylic acids is 2. The first kappa shape index (κ1) is 17.8. The van der Waals surface area contributed by atoms with E-state index in [4.69, 9.17) is 16.3 Å². The van der Waals surface area contributed by atoms with Crippen LogP contribution in [0.25, 0.3) is 0 Å². The van der Waals surface area contributed by atoms with E-state index < -0.39 is 11.8 Å². The highest BCUT2D eigenvalue weighted by Gasteiger charge is 2.16. The summed E-state index contributed by atoms with van der Waals surface area (Å²) in [6.07, 6.45) is 0. The van der Waals surface area contributed by atoms with E-state index in [2.05, 4.69) is 10.6 Å². The van der Waals surface area contributed by atoms with Gasteiger partial charge in [-0.05, 0) is 48.7 Å². The highest BCUT2D eigenvalue weighted by molar-refractivity contribution is 6.41. The molecule has 2 amide bonds. The van der Waals surface area contributed by atoms with Crippen LogP contribution in [0.4, 0.5) is 5.69 Å². The average Bonchev–Trinajstić information content (AvgIpc) is 2.56.